The van der Waals surface area contributed by atoms with Crippen LogP contribution in [0, 0.1) is 0 Å². The second-order valence-electron chi connectivity index (χ2n) is 5.68. The molecule has 2 aromatic carbocycles. The molecular formula is C20H18ClN3O2S. The molecular weight excluding hydrogens is 382 g/mol. The van der Waals surface area contributed by atoms with Gasteiger partial charge in [0.25, 0.3) is 0 Å². The molecule has 0 aliphatic rings. The molecule has 7 heteroatoms. The van der Waals surface area contributed by atoms with Crippen LogP contribution in [0.1, 0.15) is 5.89 Å². The fourth-order valence-electron chi connectivity index (χ4n) is 2.36. The van der Waals surface area contributed by atoms with E-state index in [1.165, 1.54) is 11.8 Å². The number of carbonyl (C=O) groups is 1. The van der Waals surface area contributed by atoms with Gasteiger partial charge in [-0.2, -0.15) is 4.98 Å². The van der Waals surface area contributed by atoms with Crippen LogP contribution in [0.3, 0.4) is 0 Å². The summed E-state index contributed by atoms with van der Waals surface area (Å²) in [6.07, 6.45) is 1.68. The van der Waals surface area contributed by atoms with Gasteiger partial charge in [-0.15, -0.1) is 18.3 Å². The molecule has 0 atom stereocenters. The molecule has 3 aromatic rings. The van der Waals surface area contributed by atoms with E-state index in [1.54, 1.807) is 23.1 Å². The van der Waals surface area contributed by atoms with Crippen molar-refractivity contribution in [1.29, 1.82) is 0 Å². The van der Waals surface area contributed by atoms with E-state index in [0.717, 1.165) is 10.5 Å². The van der Waals surface area contributed by atoms with Crippen molar-refractivity contribution in [1.82, 2.24) is 15.0 Å². The van der Waals surface area contributed by atoms with E-state index in [2.05, 4.69) is 16.7 Å². The number of benzene rings is 2. The van der Waals surface area contributed by atoms with Gasteiger partial charge in [0.15, 0.2) is 0 Å². The van der Waals surface area contributed by atoms with Crippen LogP contribution in [-0.4, -0.2) is 33.2 Å². The third-order valence-electron chi connectivity index (χ3n) is 3.70. The first-order valence-electron chi connectivity index (χ1n) is 8.31. The molecule has 0 fully saturated rings. The third-order valence-corrected chi connectivity index (χ3v) is 4.95. The van der Waals surface area contributed by atoms with E-state index in [4.69, 9.17) is 16.1 Å². The quantitative estimate of drug-likeness (QED) is 0.406. The van der Waals surface area contributed by atoms with Gasteiger partial charge in [-0.05, 0) is 36.4 Å². The molecule has 1 heterocycles. The highest BCUT2D eigenvalue weighted by atomic mass is 35.5. The highest BCUT2D eigenvalue weighted by Gasteiger charge is 2.17. The van der Waals surface area contributed by atoms with E-state index in [9.17, 15) is 4.79 Å². The van der Waals surface area contributed by atoms with Crippen molar-refractivity contribution in [3.8, 4) is 11.4 Å². The van der Waals surface area contributed by atoms with E-state index in [-0.39, 0.29) is 12.5 Å². The molecule has 0 bridgehead atoms. The lowest BCUT2D eigenvalue weighted by molar-refractivity contribution is -0.128. The van der Waals surface area contributed by atoms with Crippen LogP contribution in [0.4, 0.5) is 0 Å². The van der Waals surface area contributed by atoms with Gasteiger partial charge in [-0.3, -0.25) is 4.79 Å². The summed E-state index contributed by atoms with van der Waals surface area (Å²) in [5.74, 6) is 1.15. The number of thioether (sulfide) groups is 1. The summed E-state index contributed by atoms with van der Waals surface area (Å²) in [5.41, 5.74) is 0.802. The van der Waals surface area contributed by atoms with Crippen molar-refractivity contribution in [2.24, 2.45) is 0 Å². The second kappa shape index (κ2) is 9.39. The lowest BCUT2D eigenvalue weighted by Gasteiger charge is -2.18. The highest BCUT2D eigenvalue weighted by Crippen LogP contribution is 2.20. The zero-order valence-corrected chi connectivity index (χ0v) is 16.1. The van der Waals surface area contributed by atoms with Crippen LogP contribution < -0.4 is 0 Å². The van der Waals surface area contributed by atoms with Gasteiger partial charge < -0.3 is 9.42 Å². The van der Waals surface area contributed by atoms with E-state index in [1.807, 2.05) is 42.5 Å². The summed E-state index contributed by atoms with van der Waals surface area (Å²) >= 11 is 7.39. The zero-order chi connectivity index (χ0) is 19.1. The first kappa shape index (κ1) is 19.2. The van der Waals surface area contributed by atoms with Gasteiger partial charge in [0.1, 0.15) is 6.54 Å². The first-order valence-corrected chi connectivity index (χ1v) is 9.67. The zero-order valence-electron chi connectivity index (χ0n) is 14.5. The molecule has 3 rings (SSSR count). The topological polar surface area (TPSA) is 59.2 Å². The van der Waals surface area contributed by atoms with Crippen LogP contribution in [-0.2, 0) is 11.3 Å². The summed E-state index contributed by atoms with van der Waals surface area (Å²) in [7, 11) is 0. The molecule has 1 aromatic heterocycles. The Hall–Kier alpha value is -2.57. The fraction of sp³-hybridized carbons (Fsp3) is 0.150. The molecule has 0 spiro atoms. The minimum absolute atomic E-state index is 0.0185. The molecule has 0 saturated heterocycles. The molecule has 0 unspecified atom stereocenters. The minimum atomic E-state index is -0.0185. The van der Waals surface area contributed by atoms with E-state index < -0.39 is 0 Å². The van der Waals surface area contributed by atoms with E-state index >= 15 is 0 Å². The van der Waals surface area contributed by atoms with E-state index in [0.29, 0.717) is 29.0 Å². The Bertz CT molecular complexity index is 897. The molecule has 0 aliphatic heterocycles. The molecule has 138 valence electrons. The Kier molecular flexibility index (Phi) is 6.68. The van der Waals surface area contributed by atoms with Gasteiger partial charge in [0.2, 0.25) is 17.6 Å². The summed E-state index contributed by atoms with van der Waals surface area (Å²) in [5, 5.41) is 4.62. The lowest BCUT2D eigenvalue weighted by Crippen LogP contribution is -2.32. The number of nitrogens with zero attached hydrogens (tertiary/aromatic N) is 3. The summed E-state index contributed by atoms with van der Waals surface area (Å²) < 4.78 is 5.31. The van der Waals surface area contributed by atoms with Gasteiger partial charge >= 0.3 is 0 Å². The van der Waals surface area contributed by atoms with Crippen LogP contribution >= 0.6 is 23.4 Å². The average Bonchev–Trinajstić information content (AvgIpc) is 3.16. The van der Waals surface area contributed by atoms with Crippen molar-refractivity contribution in [2.45, 2.75) is 11.4 Å². The Morgan fingerprint density at radius 2 is 1.93 bits per heavy atom. The predicted octanol–water partition coefficient (Wildman–Crippen LogP) is 4.70. The van der Waals surface area contributed by atoms with Crippen molar-refractivity contribution in [3.63, 3.8) is 0 Å². The SMILES string of the molecule is C=CCN(Cc1nc(-c2ccc(Cl)cc2)no1)C(=O)CSc1ccccc1. The molecule has 0 saturated carbocycles. The maximum Gasteiger partial charge on any atom is 0.246 e. The Labute approximate surface area is 167 Å². The number of rotatable bonds is 8. The van der Waals surface area contributed by atoms with Crippen LogP contribution in [0.2, 0.25) is 5.02 Å². The van der Waals surface area contributed by atoms with Crippen molar-refractivity contribution in [2.75, 3.05) is 12.3 Å². The standard InChI is InChI=1S/C20H18ClN3O2S/c1-2-12-24(19(25)14-27-17-6-4-3-5-7-17)13-18-22-20(23-26-18)15-8-10-16(21)11-9-15/h2-11H,1,12-14H2. The number of amides is 1. The smallest absolute Gasteiger partial charge is 0.246 e. The van der Waals surface area contributed by atoms with Gasteiger partial charge in [0.05, 0.1) is 5.75 Å². The molecule has 27 heavy (non-hydrogen) atoms. The summed E-state index contributed by atoms with van der Waals surface area (Å²) in [6, 6.07) is 17.0. The molecule has 5 nitrogen and oxygen atoms in total. The minimum Gasteiger partial charge on any atom is -0.337 e. The maximum absolute atomic E-state index is 12.6. The number of hydrogen-bond donors (Lipinski definition) is 0. The van der Waals surface area contributed by atoms with Crippen molar-refractivity contribution >= 4 is 29.3 Å². The van der Waals surface area contributed by atoms with Crippen molar-refractivity contribution in [3.05, 3.63) is 78.2 Å². The number of carbonyl (C=O) groups excluding carboxylic acids is 1. The molecule has 0 N–H and O–H groups in total. The normalized spacial score (nSPS) is 10.6. The highest BCUT2D eigenvalue weighted by molar-refractivity contribution is 8.00. The second-order valence-corrected chi connectivity index (χ2v) is 7.17. The largest absolute Gasteiger partial charge is 0.337 e. The fourth-order valence-corrected chi connectivity index (χ4v) is 3.31. The predicted molar refractivity (Wildman–Crippen MR) is 108 cm³/mol. The van der Waals surface area contributed by atoms with Gasteiger partial charge in [-0.1, -0.05) is 41.0 Å². The van der Waals surface area contributed by atoms with Gasteiger partial charge in [-0.25, -0.2) is 0 Å². The Morgan fingerprint density at radius 3 is 2.63 bits per heavy atom. The third kappa shape index (κ3) is 5.45. The summed E-state index contributed by atoms with van der Waals surface area (Å²) in [4.78, 5) is 19.6. The van der Waals surface area contributed by atoms with Crippen LogP contribution in [0.25, 0.3) is 11.4 Å². The molecule has 0 radical (unpaired) electrons. The first-order chi connectivity index (χ1) is 13.2. The number of aromatic nitrogens is 2. The summed E-state index contributed by atoms with van der Waals surface area (Å²) in [6.45, 7) is 4.37. The Balaban J connectivity index is 1.64. The number of halogens is 1. The van der Waals surface area contributed by atoms with Crippen LogP contribution in [0.15, 0.2) is 76.7 Å². The number of hydrogen-bond acceptors (Lipinski definition) is 5. The molecule has 1 amide bonds. The average molecular weight is 400 g/mol. The molecule has 0 aliphatic carbocycles. The van der Waals surface area contributed by atoms with Gasteiger partial charge in [0, 0.05) is 22.0 Å². The monoisotopic (exact) mass is 399 g/mol. The van der Waals surface area contributed by atoms with Crippen molar-refractivity contribution < 1.29 is 9.32 Å². The lowest BCUT2D eigenvalue weighted by atomic mass is 10.2. The maximum atomic E-state index is 12.6. The Morgan fingerprint density at radius 1 is 1.19 bits per heavy atom. The van der Waals surface area contributed by atoms with Crippen LogP contribution in [0.5, 0.6) is 0 Å².